The average molecular weight is 474 g/mol. The number of aryl methyl sites for hydroxylation is 1. The first kappa shape index (κ1) is 23.3. The van der Waals surface area contributed by atoms with Crippen LogP contribution in [0.2, 0.25) is 0 Å². The predicted molar refractivity (Wildman–Crippen MR) is 140 cm³/mol. The summed E-state index contributed by atoms with van der Waals surface area (Å²) in [7, 11) is 0. The van der Waals surface area contributed by atoms with Gasteiger partial charge in [-0.25, -0.2) is 4.98 Å². The van der Waals surface area contributed by atoms with Gasteiger partial charge in [-0.05, 0) is 64.1 Å². The maximum atomic E-state index is 13.0. The number of hydrogen-bond acceptors (Lipinski definition) is 4. The number of thiazole rings is 1. The predicted octanol–water partition coefficient (Wildman–Crippen LogP) is 6.10. The molecule has 1 aromatic heterocycles. The van der Waals surface area contributed by atoms with Gasteiger partial charge in [0.05, 0.1) is 12.1 Å². The summed E-state index contributed by atoms with van der Waals surface area (Å²) in [5.41, 5.74) is 3.60. The fourth-order valence-corrected chi connectivity index (χ4v) is 6.76. The molecule has 34 heavy (non-hydrogen) atoms. The lowest BCUT2D eigenvalue weighted by atomic mass is 9.73. The lowest BCUT2D eigenvalue weighted by Gasteiger charge is -2.50. The number of carbonyl (C=O) groups is 1. The third-order valence-corrected chi connectivity index (χ3v) is 8.75. The van der Waals surface area contributed by atoms with Gasteiger partial charge < -0.3 is 5.32 Å². The molecule has 1 aliphatic carbocycles. The molecule has 5 rings (SSSR count). The van der Waals surface area contributed by atoms with E-state index in [1.165, 1.54) is 37.9 Å². The molecule has 1 aliphatic heterocycles. The van der Waals surface area contributed by atoms with Crippen LogP contribution in [0.25, 0.3) is 10.6 Å². The number of carbonyl (C=O) groups excluding carboxylic acids is 1. The maximum Gasteiger partial charge on any atom is 0.226 e. The Hall–Kier alpha value is -2.50. The van der Waals surface area contributed by atoms with Crippen molar-refractivity contribution in [2.24, 2.45) is 0 Å². The molecule has 2 aliphatic rings. The smallest absolute Gasteiger partial charge is 0.226 e. The van der Waals surface area contributed by atoms with Crippen molar-refractivity contribution in [2.75, 3.05) is 13.1 Å². The van der Waals surface area contributed by atoms with Crippen LogP contribution in [0.5, 0.6) is 0 Å². The Morgan fingerprint density at radius 1 is 1.00 bits per heavy atom. The Labute approximate surface area is 207 Å². The Bertz CT molecular complexity index is 1080. The molecule has 0 atom stereocenters. The van der Waals surface area contributed by atoms with Crippen molar-refractivity contribution in [1.29, 1.82) is 0 Å². The second-order valence-electron chi connectivity index (χ2n) is 9.85. The highest BCUT2D eigenvalue weighted by molar-refractivity contribution is 7.15. The van der Waals surface area contributed by atoms with E-state index in [0.29, 0.717) is 6.42 Å². The first-order valence-corrected chi connectivity index (χ1v) is 13.6. The molecular weight excluding hydrogens is 438 g/mol. The second-order valence-corrected chi connectivity index (χ2v) is 11.1. The van der Waals surface area contributed by atoms with Gasteiger partial charge in [-0.15, -0.1) is 11.3 Å². The highest BCUT2D eigenvalue weighted by atomic mass is 32.1. The van der Waals surface area contributed by atoms with Crippen molar-refractivity contribution in [3.8, 4) is 10.6 Å². The van der Waals surface area contributed by atoms with Crippen molar-refractivity contribution in [2.45, 2.75) is 69.9 Å². The maximum absolute atomic E-state index is 13.0. The van der Waals surface area contributed by atoms with Gasteiger partial charge >= 0.3 is 0 Å². The lowest BCUT2D eigenvalue weighted by Crippen LogP contribution is -2.53. The fourth-order valence-electron chi connectivity index (χ4n) is 5.82. The number of benzene rings is 2. The van der Waals surface area contributed by atoms with Gasteiger partial charge in [0.1, 0.15) is 5.01 Å². The monoisotopic (exact) mass is 473 g/mol. The van der Waals surface area contributed by atoms with Crippen LogP contribution in [0.1, 0.15) is 61.1 Å². The number of amides is 1. The Kier molecular flexibility index (Phi) is 7.12. The summed E-state index contributed by atoms with van der Waals surface area (Å²) in [6.07, 6.45) is 8.58. The Morgan fingerprint density at radius 2 is 1.65 bits per heavy atom. The molecular formula is C29H35N3OS. The van der Waals surface area contributed by atoms with E-state index < -0.39 is 0 Å². The van der Waals surface area contributed by atoms with Crippen LogP contribution >= 0.6 is 11.3 Å². The van der Waals surface area contributed by atoms with E-state index in [1.807, 2.05) is 18.2 Å². The molecule has 178 valence electrons. The molecule has 2 aromatic carbocycles. The van der Waals surface area contributed by atoms with Crippen LogP contribution in [0.3, 0.4) is 0 Å². The van der Waals surface area contributed by atoms with Crippen LogP contribution < -0.4 is 5.32 Å². The van der Waals surface area contributed by atoms with E-state index in [2.05, 4.69) is 59.6 Å². The lowest BCUT2D eigenvalue weighted by molar-refractivity contribution is -0.121. The number of piperidine rings is 1. The number of likely N-dealkylation sites (tertiary alicyclic amines) is 1. The summed E-state index contributed by atoms with van der Waals surface area (Å²) >= 11 is 1.67. The molecule has 4 nitrogen and oxygen atoms in total. The molecule has 2 fully saturated rings. The standard InChI is InChI=1S/C29H35N3OS/c1-22-26(31-28(34-22)23-11-5-2-6-12-23)21-27(33)30-25-15-17-29(18-16-25,24-13-7-3-8-14-24)32-19-9-4-10-20-32/h2-3,5-8,11-14,25H,4,9-10,15-21H2,1H3,(H,30,33). The molecule has 2 heterocycles. The second kappa shape index (κ2) is 10.4. The third-order valence-electron chi connectivity index (χ3n) is 7.69. The van der Waals surface area contributed by atoms with Gasteiger partial charge in [-0.1, -0.05) is 67.1 Å². The fraction of sp³-hybridized carbons (Fsp3) is 0.448. The molecule has 0 bridgehead atoms. The first-order valence-electron chi connectivity index (χ1n) is 12.8. The van der Waals surface area contributed by atoms with Gasteiger partial charge in [-0.3, -0.25) is 9.69 Å². The van der Waals surface area contributed by atoms with Crippen molar-refractivity contribution < 1.29 is 4.79 Å². The first-order chi connectivity index (χ1) is 16.6. The van der Waals surface area contributed by atoms with Crippen LogP contribution in [-0.4, -0.2) is 34.9 Å². The minimum Gasteiger partial charge on any atom is -0.353 e. The molecule has 0 spiro atoms. The van der Waals surface area contributed by atoms with E-state index in [-0.39, 0.29) is 17.5 Å². The topological polar surface area (TPSA) is 45.2 Å². The van der Waals surface area contributed by atoms with Crippen molar-refractivity contribution in [3.05, 3.63) is 76.8 Å². The van der Waals surface area contributed by atoms with Gasteiger partial charge in [0, 0.05) is 22.0 Å². The molecule has 0 unspecified atom stereocenters. The average Bonchev–Trinajstić information content (AvgIpc) is 3.26. The van der Waals surface area contributed by atoms with Crippen LogP contribution in [-0.2, 0) is 16.8 Å². The summed E-state index contributed by atoms with van der Waals surface area (Å²) in [6, 6.07) is 21.6. The zero-order chi connectivity index (χ0) is 23.4. The summed E-state index contributed by atoms with van der Waals surface area (Å²) in [5, 5.41) is 4.34. The molecule has 1 saturated heterocycles. The zero-order valence-electron chi connectivity index (χ0n) is 20.1. The number of nitrogens with zero attached hydrogens (tertiary/aromatic N) is 2. The molecule has 5 heteroatoms. The normalized spacial score (nSPS) is 23.5. The molecule has 1 N–H and O–H groups in total. The number of hydrogen-bond donors (Lipinski definition) is 1. The van der Waals surface area contributed by atoms with Crippen LogP contribution in [0.4, 0.5) is 0 Å². The van der Waals surface area contributed by atoms with Gasteiger partial charge in [0.15, 0.2) is 0 Å². The van der Waals surface area contributed by atoms with Crippen molar-refractivity contribution >= 4 is 17.2 Å². The highest BCUT2D eigenvalue weighted by Gasteiger charge is 2.42. The number of aromatic nitrogens is 1. The van der Waals surface area contributed by atoms with E-state index in [1.54, 1.807) is 11.3 Å². The summed E-state index contributed by atoms with van der Waals surface area (Å²) < 4.78 is 0. The van der Waals surface area contributed by atoms with E-state index in [4.69, 9.17) is 4.98 Å². The number of nitrogens with one attached hydrogen (secondary N) is 1. The summed E-state index contributed by atoms with van der Waals surface area (Å²) in [5.74, 6) is 0.100. The zero-order valence-corrected chi connectivity index (χ0v) is 20.9. The quantitative estimate of drug-likeness (QED) is 0.470. The van der Waals surface area contributed by atoms with E-state index >= 15 is 0 Å². The van der Waals surface area contributed by atoms with Gasteiger partial charge in [0.25, 0.3) is 0 Å². The van der Waals surface area contributed by atoms with Gasteiger partial charge in [-0.2, -0.15) is 0 Å². The van der Waals surface area contributed by atoms with Crippen molar-refractivity contribution in [3.63, 3.8) is 0 Å². The molecule has 0 radical (unpaired) electrons. The van der Waals surface area contributed by atoms with Crippen LogP contribution in [0.15, 0.2) is 60.7 Å². The van der Waals surface area contributed by atoms with Crippen LogP contribution in [0, 0.1) is 6.92 Å². The van der Waals surface area contributed by atoms with E-state index in [9.17, 15) is 4.79 Å². The highest BCUT2D eigenvalue weighted by Crippen LogP contribution is 2.43. The molecule has 1 amide bonds. The Morgan fingerprint density at radius 3 is 2.32 bits per heavy atom. The summed E-state index contributed by atoms with van der Waals surface area (Å²) in [6.45, 7) is 4.46. The Balaban J connectivity index is 1.22. The van der Waals surface area contributed by atoms with Gasteiger partial charge in [0.2, 0.25) is 5.91 Å². The minimum absolute atomic E-state index is 0.100. The largest absolute Gasteiger partial charge is 0.353 e. The summed E-state index contributed by atoms with van der Waals surface area (Å²) in [4.78, 5) is 21.6. The third kappa shape index (κ3) is 4.96. The number of rotatable bonds is 6. The SMILES string of the molecule is Cc1sc(-c2ccccc2)nc1CC(=O)NC1CCC(c2ccccc2)(N2CCCCC2)CC1. The van der Waals surface area contributed by atoms with E-state index in [0.717, 1.165) is 46.8 Å². The molecule has 3 aromatic rings. The minimum atomic E-state index is 0.100. The molecule has 1 saturated carbocycles. The van der Waals surface area contributed by atoms with Crippen molar-refractivity contribution in [1.82, 2.24) is 15.2 Å².